The molecular formula is C70H72BN3O. The van der Waals surface area contributed by atoms with Crippen molar-refractivity contribution in [2.24, 2.45) is 0 Å². The highest BCUT2D eigenvalue weighted by atomic mass is 16.3. The van der Waals surface area contributed by atoms with Crippen molar-refractivity contribution in [2.45, 2.75) is 130 Å². The molecule has 0 spiro atoms. The summed E-state index contributed by atoms with van der Waals surface area (Å²) in [6, 6.07) is 66.6. The number of nitrogens with zero attached hydrogens (tertiary/aromatic N) is 3. The summed E-state index contributed by atoms with van der Waals surface area (Å²) in [7, 11) is 0. The second-order valence-corrected chi connectivity index (χ2v) is 26.2. The molecule has 0 unspecified atom stereocenters. The van der Waals surface area contributed by atoms with Gasteiger partial charge in [0.05, 0.1) is 22.7 Å². The fraction of sp³-hybridized carbons (Fsp3) is 0.286. The number of hydrogen-bond donors (Lipinski definition) is 0. The van der Waals surface area contributed by atoms with Gasteiger partial charge in [0, 0.05) is 45.1 Å². The molecule has 0 radical (unpaired) electrons. The van der Waals surface area contributed by atoms with Gasteiger partial charge < -0.3 is 19.1 Å². The largest absolute Gasteiger partial charge is 0.468 e. The first-order valence-corrected chi connectivity index (χ1v) is 27.3. The molecule has 0 atom stereocenters. The van der Waals surface area contributed by atoms with Gasteiger partial charge in [-0.3, -0.25) is 0 Å². The predicted molar refractivity (Wildman–Crippen MR) is 322 cm³/mol. The molecule has 0 saturated carbocycles. The summed E-state index contributed by atoms with van der Waals surface area (Å²) in [6.45, 7) is 30.5. The molecule has 5 heteroatoms. The number of para-hydroxylation sites is 2. The van der Waals surface area contributed by atoms with Crippen LogP contribution in [0.1, 0.15) is 131 Å². The number of rotatable bonds is 6. The summed E-state index contributed by atoms with van der Waals surface area (Å²) in [5.74, 6) is 0. The van der Waals surface area contributed by atoms with Gasteiger partial charge in [0.25, 0.3) is 6.71 Å². The number of benzene rings is 8. The van der Waals surface area contributed by atoms with Gasteiger partial charge in [0.1, 0.15) is 5.58 Å². The zero-order valence-corrected chi connectivity index (χ0v) is 46.5. The highest BCUT2D eigenvalue weighted by Gasteiger charge is 2.50. The Morgan fingerprint density at radius 3 is 1.55 bits per heavy atom. The predicted octanol–water partition coefficient (Wildman–Crippen LogP) is 17.9. The van der Waals surface area contributed by atoms with Crippen molar-refractivity contribution < 1.29 is 4.42 Å². The van der Waals surface area contributed by atoms with Gasteiger partial charge in [-0.15, -0.1) is 0 Å². The lowest BCUT2D eigenvalue weighted by atomic mass is 9.35. The van der Waals surface area contributed by atoms with Gasteiger partial charge in [-0.2, -0.15) is 0 Å². The Morgan fingerprint density at radius 2 is 0.973 bits per heavy atom. The third-order valence-electron chi connectivity index (χ3n) is 17.0. The minimum atomic E-state index is -0.219. The second-order valence-electron chi connectivity index (χ2n) is 26.2. The lowest BCUT2D eigenvalue weighted by Crippen LogP contribution is -2.61. The van der Waals surface area contributed by atoms with Gasteiger partial charge >= 0.3 is 0 Å². The maximum Gasteiger partial charge on any atom is 0.297 e. The van der Waals surface area contributed by atoms with Crippen molar-refractivity contribution in [3.63, 3.8) is 0 Å². The standard InChI is InChI=1S/C70H72BN3O/c1-66(2,3)46-29-33-51(34-30-46)73-60-41-52(72(49-25-19-15-20-26-49)50-27-21-16-22-28-50)42-61-63(60)71(65-64(73)54-40-48(68(7,8)9)32-36-62(54)75-65)57-43-55-56(70(12,13)38-37-69(55,10)11)44-59(57)74(61)58-35-31-47(67(4,5)6)39-53(58)45-23-17-14-18-24-45/h14-36,39-44H,37-38H2,1-13H3. The van der Waals surface area contributed by atoms with E-state index in [1.54, 1.807) is 0 Å². The van der Waals surface area contributed by atoms with E-state index in [4.69, 9.17) is 4.42 Å². The highest BCUT2D eigenvalue weighted by molar-refractivity contribution is 7.00. The minimum absolute atomic E-state index is 0.0176. The number of anilines is 9. The van der Waals surface area contributed by atoms with Crippen LogP contribution in [0, 0.1) is 0 Å². The fourth-order valence-electron chi connectivity index (χ4n) is 12.4. The maximum absolute atomic E-state index is 7.56. The number of fused-ring (bicyclic) bond motifs is 7. The summed E-state index contributed by atoms with van der Waals surface area (Å²) in [5, 5.41) is 1.13. The van der Waals surface area contributed by atoms with Crippen LogP contribution >= 0.6 is 0 Å². The first-order chi connectivity index (χ1) is 35.6. The fourth-order valence-corrected chi connectivity index (χ4v) is 12.4. The number of hydrogen-bond acceptors (Lipinski definition) is 4. The number of furan rings is 1. The second kappa shape index (κ2) is 17.1. The topological polar surface area (TPSA) is 22.9 Å². The summed E-state index contributed by atoms with van der Waals surface area (Å²) in [5.41, 5.74) is 23.4. The normalized spacial score (nSPS) is 15.6. The summed E-state index contributed by atoms with van der Waals surface area (Å²) in [6.07, 6.45) is 2.24. The van der Waals surface area contributed by atoms with E-state index >= 15 is 0 Å². The Bertz CT molecular complexity index is 3620. The highest BCUT2D eigenvalue weighted by Crippen LogP contribution is 2.54. The average molecular weight is 982 g/mol. The first-order valence-electron chi connectivity index (χ1n) is 27.3. The van der Waals surface area contributed by atoms with Crippen LogP contribution in [0.15, 0.2) is 180 Å². The first kappa shape index (κ1) is 48.7. The molecule has 12 rings (SSSR count). The van der Waals surface area contributed by atoms with Gasteiger partial charge in [0.15, 0.2) is 0 Å². The smallest absolute Gasteiger partial charge is 0.297 e. The van der Waals surface area contributed by atoms with Crippen LogP contribution in [0.3, 0.4) is 0 Å². The van der Waals surface area contributed by atoms with E-state index in [1.807, 2.05) is 0 Å². The third-order valence-corrected chi connectivity index (χ3v) is 17.0. The lowest BCUT2D eigenvalue weighted by Gasteiger charge is -2.47. The zero-order chi connectivity index (χ0) is 52.6. The molecule has 2 aliphatic heterocycles. The SMILES string of the molecule is CC(C)(C)c1ccc(N2c3cc(N(c4ccccc4)c4ccccc4)cc4c3B(c3cc5c(cc3N4c3ccc(C(C)(C)C)cc3-c3ccccc3)C(C)(C)CCC5(C)C)c3oc4ccc(C(C)(C)C)cc4c32)cc1. The van der Waals surface area contributed by atoms with Crippen LogP contribution in [0.5, 0.6) is 0 Å². The summed E-state index contributed by atoms with van der Waals surface area (Å²) >= 11 is 0. The van der Waals surface area contributed by atoms with E-state index in [-0.39, 0.29) is 33.8 Å². The molecule has 376 valence electrons. The molecule has 9 aromatic rings. The lowest BCUT2D eigenvalue weighted by molar-refractivity contribution is 0.332. The minimum Gasteiger partial charge on any atom is -0.468 e. The molecule has 3 heterocycles. The molecular weight excluding hydrogens is 910 g/mol. The Kier molecular flexibility index (Phi) is 11.1. The van der Waals surface area contributed by atoms with Gasteiger partial charge in [-0.1, -0.05) is 187 Å². The van der Waals surface area contributed by atoms with Crippen molar-refractivity contribution in [1.82, 2.24) is 0 Å². The van der Waals surface area contributed by atoms with Crippen LogP contribution in [-0.4, -0.2) is 6.71 Å². The summed E-state index contributed by atoms with van der Waals surface area (Å²) < 4.78 is 7.56. The van der Waals surface area contributed by atoms with Gasteiger partial charge in [-0.05, 0) is 163 Å². The van der Waals surface area contributed by atoms with Crippen molar-refractivity contribution in [3.05, 3.63) is 204 Å². The van der Waals surface area contributed by atoms with Crippen molar-refractivity contribution >= 4 is 85.5 Å². The summed E-state index contributed by atoms with van der Waals surface area (Å²) in [4.78, 5) is 7.66. The van der Waals surface area contributed by atoms with E-state index < -0.39 is 0 Å². The molecule has 0 N–H and O–H groups in total. The monoisotopic (exact) mass is 982 g/mol. The Hall–Kier alpha value is -7.24. The molecule has 8 aromatic carbocycles. The Balaban J connectivity index is 1.28. The maximum atomic E-state index is 7.56. The van der Waals surface area contributed by atoms with E-state index in [0.717, 1.165) is 75.0 Å². The zero-order valence-electron chi connectivity index (χ0n) is 46.5. The van der Waals surface area contributed by atoms with Crippen LogP contribution in [0.25, 0.3) is 22.1 Å². The van der Waals surface area contributed by atoms with Crippen LogP contribution in [0.2, 0.25) is 0 Å². The third kappa shape index (κ3) is 8.12. The molecule has 1 aliphatic carbocycles. The Labute approximate surface area is 447 Å². The molecule has 0 bridgehead atoms. The molecule has 4 nitrogen and oxygen atoms in total. The van der Waals surface area contributed by atoms with Gasteiger partial charge in [-0.25, -0.2) is 0 Å². The van der Waals surface area contributed by atoms with E-state index in [0.29, 0.717) is 0 Å². The Morgan fingerprint density at radius 1 is 0.467 bits per heavy atom. The molecule has 0 fully saturated rings. The van der Waals surface area contributed by atoms with Crippen molar-refractivity contribution in [3.8, 4) is 11.1 Å². The van der Waals surface area contributed by atoms with Crippen LogP contribution in [-0.2, 0) is 27.1 Å². The van der Waals surface area contributed by atoms with Crippen LogP contribution < -0.4 is 31.3 Å². The molecule has 0 saturated heterocycles. The van der Waals surface area contributed by atoms with E-state index in [1.165, 1.54) is 55.6 Å². The molecule has 3 aliphatic rings. The molecule has 1 aromatic heterocycles. The van der Waals surface area contributed by atoms with Crippen molar-refractivity contribution in [2.75, 3.05) is 14.7 Å². The molecule has 0 amide bonds. The van der Waals surface area contributed by atoms with Crippen molar-refractivity contribution in [1.29, 1.82) is 0 Å². The van der Waals surface area contributed by atoms with E-state index in [2.05, 4.69) is 281 Å². The average Bonchev–Trinajstić information content (AvgIpc) is 3.77. The van der Waals surface area contributed by atoms with E-state index in [9.17, 15) is 0 Å². The van der Waals surface area contributed by atoms with Crippen LogP contribution in [0.4, 0.5) is 51.2 Å². The molecule has 75 heavy (non-hydrogen) atoms. The van der Waals surface area contributed by atoms with Gasteiger partial charge in [0.2, 0.25) is 0 Å². The quantitative estimate of drug-likeness (QED) is 0.155.